The molecule has 0 atom stereocenters. The zero-order valence-electron chi connectivity index (χ0n) is 12.2. The molecular weight excluding hydrogens is 240 g/mol. The molecule has 0 saturated carbocycles. The number of rotatable bonds is 6. The molecule has 1 amide bonds. The second-order valence-electron chi connectivity index (χ2n) is 5.72. The Morgan fingerprint density at radius 3 is 2.63 bits per heavy atom. The molecule has 0 heterocycles. The summed E-state index contributed by atoms with van der Waals surface area (Å²) in [5, 5.41) is 2.95. The van der Waals surface area contributed by atoms with Gasteiger partial charge in [-0.15, -0.1) is 0 Å². The molecule has 0 aliphatic heterocycles. The van der Waals surface area contributed by atoms with Gasteiger partial charge in [-0.05, 0) is 42.5 Å². The molecule has 0 radical (unpaired) electrons. The molecular formula is C15H24N2O2. The second-order valence-corrected chi connectivity index (χ2v) is 5.72. The molecule has 1 rings (SSSR count). The Kier molecular flexibility index (Phi) is 5.36. The van der Waals surface area contributed by atoms with Gasteiger partial charge in [-0.1, -0.05) is 13.8 Å². The average molecular weight is 264 g/mol. The highest BCUT2D eigenvalue weighted by molar-refractivity contribution is 5.95. The molecule has 4 nitrogen and oxygen atoms in total. The fraction of sp³-hybridized carbons (Fsp3) is 0.533. The van der Waals surface area contributed by atoms with Crippen LogP contribution in [0.3, 0.4) is 0 Å². The number of aryl methyl sites for hydroxylation is 1. The normalized spacial score (nSPS) is 11.4. The highest BCUT2D eigenvalue weighted by Gasteiger charge is 2.19. The average Bonchev–Trinajstić information content (AvgIpc) is 2.32. The fourth-order valence-corrected chi connectivity index (χ4v) is 1.83. The number of nitrogens with one attached hydrogen (secondary N) is 1. The number of ether oxygens (including phenoxy) is 1. The maximum atomic E-state index is 12.1. The molecule has 4 heteroatoms. The maximum Gasteiger partial charge on any atom is 0.251 e. The summed E-state index contributed by atoms with van der Waals surface area (Å²) in [4.78, 5) is 12.1. The van der Waals surface area contributed by atoms with Crippen LogP contribution in [-0.2, 0) is 4.74 Å². The Hall–Kier alpha value is -1.55. The van der Waals surface area contributed by atoms with Gasteiger partial charge in [-0.3, -0.25) is 4.79 Å². The Morgan fingerprint density at radius 2 is 2.05 bits per heavy atom. The van der Waals surface area contributed by atoms with Crippen molar-refractivity contribution in [2.75, 3.05) is 26.0 Å². The summed E-state index contributed by atoms with van der Waals surface area (Å²) in [7, 11) is 1.68. The van der Waals surface area contributed by atoms with Crippen molar-refractivity contribution in [3.05, 3.63) is 29.3 Å². The largest absolute Gasteiger partial charge is 0.399 e. The molecule has 0 aliphatic rings. The summed E-state index contributed by atoms with van der Waals surface area (Å²) in [6.45, 7) is 7.45. The van der Waals surface area contributed by atoms with E-state index in [2.05, 4.69) is 19.2 Å². The second kappa shape index (κ2) is 6.57. The van der Waals surface area contributed by atoms with Crippen molar-refractivity contribution >= 4 is 11.6 Å². The Labute approximate surface area is 115 Å². The standard InChI is InChI=1S/C15H24N2O2/c1-11-7-12(9-13(16)8-11)14(18)17-10-15(2,3)5-6-19-4/h7-9H,5-6,10,16H2,1-4H3,(H,17,18). The molecule has 19 heavy (non-hydrogen) atoms. The van der Waals surface area contributed by atoms with Crippen molar-refractivity contribution in [3.8, 4) is 0 Å². The van der Waals surface area contributed by atoms with Gasteiger partial charge < -0.3 is 15.8 Å². The van der Waals surface area contributed by atoms with E-state index >= 15 is 0 Å². The lowest BCUT2D eigenvalue weighted by Gasteiger charge is -2.24. The fourth-order valence-electron chi connectivity index (χ4n) is 1.83. The van der Waals surface area contributed by atoms with Crippen molar-refractivity contribution in [3.63, 3.8) is 0 Å². The topological polar surface area (TPSA) is 64.3 Å². The van der Waals surface area contributed by atoms with E-state index < -0.39 is 0 Å². The van der Waals surface area contributed by atoms with Crippen LogP contribution in [-0.4, -0.2) is 26.2 Å². The number of hydrogen-bond donors (Lipinski definition) is 2. The third-order valence-corrected chi connectivity index (χ3v) is 3.07. The van der Waals surface area contributed by atoms with Gasteiger partial charge in [0.05, 0.1) is 0 Å². The van der Waals surface area contributed by atoms with Crippen LogP contribution in [0.4, 0.5) is 5.69 Å². The highest BCUT2D eigenvalue weighted by Crippen LogP contribution is 2.19. The Morgan fingerprint density at radius 1 is 1.37 bits per heavy atom. The quantitative estimate of drug-likeness (QED) is 0.775. The smallest absolute Gasteiger partial charge is 0.251 e. The lowest BCUT2D eigenvalue weighted by atomic mass is 9.89. The minimum absolute atomic E-state index is 0.0149. The number of nitrogens with two attached hydrogens (primary N) is 1. The lowest BCUT2D eigenvalue weighted by Crippen LogP contribution is -2.34. The van der Waals surface area contributed by atoms with Crippen LogP contribution in [0.1, 0.15) is 36.2 Å². The van der Waals surface area contributed by atoms with Crippen LogP contribution in [0.5, 0.6) is 0 Å². The summed E-state index contributed by atoms with van der Waals surface area (Å²) in [5.41, 5.74) is 7.98. The molecule has 0 unspecified atom stereocenters. The minimum atomic E-state index is -0.0825. The Balaban J connectivity index is 2.60. The van der Waals surface area contributed by atoms with Crippen molar-refractivity contribution < 1.29 is 9.53 Å². The predicted molar refractivity (Wildman–Crippen MR) is 78.2 cm³/mol. The van der Waals surface area contributed by atoms with Crippen molar-refractivity contribution in [2.45, 2.75) is 27.2 Å². The molecule has 0 aromatic heterocycles. The summed E-state index contributed by atoms with van der Waals surface area (Å²) < 4.78 is 5.07. The molecule has 1 aromatic rings. The molecule has 0 spiro atoms. The van der Waals surface area contributed by atoms with Crippen LogP contribution >= 0.6 is 0 Å². The predicted octanol–water partition coefficient (Wildman–Crippen LogP) is 2.37. The minimum Gasteiger partial charge on any atom is -0.399 e. The van der Waals surface area contributed by atoms with Crippen molar-refractivity contribution in [1.29, 1.82) is 0 Å². The van der Waals surface area contributed by atoms with Gasteiger partial charge in [0.25, 0.3) is 5.91 Å². The number of benzene rings is 1. The van der Waals surface area contributed by atoms with E-state index in [-0.39, 0.29) is 11.3 Å². The first-order valence-corrected chi connectivity index (χ1v) is 6.48. The van der Waals surface area contributed by atoms with Gasteiger partial charge in [-0.25, -0.2) is 0 Å². The zero-order valence-corrected chi connectivity index (χ0v) is 12.2. The van der Waals surface area contributed by atoms with E-state index in [1.54, 1.807) is 13.2 Å². The molecule has 0 fully saturated rings. The van der Waals surface area contributed by atoms with Gasteiger partial charge in [0.15, 0.2) is 0 Å². The van der Waals surface area contributed by atoms with E-state index in [4.69, 9.17) is 10.5 Å². The maximum absolute atomic E-state index is 12.1. The number of carbonyl (C=O) groups is 1. The number of anilines is 1. The monoisotopic (exact) mass is 264 g/mol. The van der Waals surface area contributed by atoms with Crippen LogP contribution in [0.15, 0.2) is 18.2 Å². The van der Waals surface area contributed by atoms with Gasteiger partial charge in [0.2, 0.25) is 0 Å². The van der Waals surface area contributed by atoms with E-state index in [9.17, 15) is 4.79 Å². The van der Waals surface area contributed by atoms with Gasteiger partial charge in [-0.2, -0.15) is 0 Å². The molecule has 1 aromatic carbocycles. The SMILES string of the molecule is COCCC(C)(C)CNC(=O)c1cc(C)cc(N)c1. The van der Waals surface area contributed by atoms with E-state index in [0.717, 1.165) is 12.0 Å². The van der Waals surface area contributed by atoms with Gasteiger partial charge in [0.1, 0.15) is 0 Å². The summed E-state index contributed by atoms with van der Waals surface area (Å²) in [6, 6.07) is 5.39. The summed E-state index contributed by atoms with van der Waals surface area (Å²) >= 11 is 0. The highest BCUT2D eigenvalue weighted by atomic mass is 16.5. The Bertz CT molecular complexity index is 422. The van der Waals surface area contributed by atoms with Crippen molar-refractivity contribution in [2.24, 2.45) is 5.41 Å². The summed E-state index contributed by atoms with van der Waals surface area (Å²) in [6.07, 6.45) is 0.903. The zero-order chi connectivity index (χ0) is 14.5. The van der Waals surface area contributed by atoms with E-state index in [0.29, 0.717) is 24.4 Å². The van der Waals surface area contributed by atoms with Gasteiger partial charge in [0, 0.05) is 31.5 Å². The molecule has 3 N–H and O–H groups in total. The number of hydrogen-bond acceptors (Lipinski definition) is 3. The number of methoxy groups -OCH3 is 1. The summed E-state index contributed by atoms with van der Waals surface area (Å²) in [5.74, 6) is -0.0825. The van der Waals surface area contributed by atoms with Crippen LogP contribution in [0.25, 0.3) is 0 Å². The third kappa shape index (κ3) is 5.30. The first-order chi connectivity index (χ1) is 8.84. The van der Waals surface area contributed by atoms with Crippen LogP contribution < -0.4 is 11.1 Å². The lowest BCUT2D eigenvalue weighted by molar-refractivity contribution is 0.0921. The van der Waals surface area contributed by atoms with Crippen LogP contribution in [0.2, 0.25) is 0 Å². The van der Waals surface area contributed by atoms with Crippen molar-refractivity contribution in [1.82, 2.24) is 5.32 Å². The third-order valence-electron chi connectivity index (χ3n) is 3.07. The molecule has 0 saturated heterocycles. The van der Waals surface area contributed by atoms with Crippen LogP contribution in [0, 0.1) is 12.3 Å². The molecule has 0 bridgehead atoms. The van der Waals surface area contributed by atoms with E-state index in [1.165, 1.54) is 0 Å². The number of nitrogen functional groups attached to an aromatic ring is 1. The first kappa shape index (κ1) is 15.5. The number of carbonyl (C=O) groups excluding carboxylic acids is 1. The van der Waals surface area contributed by atoms with Gasteiger partial charge >= 0.3 is 0 Å². The van der Waals surface area contributed by atoms with E-state index in [1.807, 2.05) is 19.1 Å². The number of amides is 1. The molecule has 106 valence electrons. The molecule has 0 aliphatic carbocycles. The first-order valence-electron chi connectivity index (χ1n) is 6.48.